The third-order valence-electron chi connectivity index (χ3n) is 14.5. The minimum absolute atomic E-state index is 0. The van der Waals surface area contributed by atoms with Crippen LogP contribution in [-0.4, -0.2) is 105 Å². The van der Waals surface area contributed by atoms with Crippen LogP contribution in [0.1, 0.15) is 76.8 Å². The molecular weight excluding hydrogens is 1660 g/mol. The monoisotopic (exact) mass is 1720 g/mol. The van der Waals surface area contributed by atoms with Gasteiger partial charge in [0, 0.05) is 72.1 Å². The fourth-order valence-electron chi connectivity index (χ4n) is 8.31. The predicted molar refractivity (Wildman–Crippen MR) is 422 cm³/mol. The third-order valence-corrected chi connectivity index (χ3v) is 18.8. The first-order chi connectivity index (χ1) is 51.8. The molecule has 13 N–H and O–H groups in total. The number of nitrogens with zero attached hydrogens (tertiary/aromatic N) is 10. The molecule has 8 aromatic heterocycles. The number of aromatic nitrogens is 10. The summed E-state index contributed by atoms with van der Waals surface area (Å²) in [4.78, 5) is 78.0. The van der Waals surface area contributed by atoms with Crippen LogP contribution >= 0.6 is 81.8 Å². The van der Waals surface area contributed by atoms with Crippen molar-refractivity contribution in [3.63, 3.8) is 0 Å². The summed E-state index contributed by atoms with van der Waals surface area (Å²) in [5.74, 6) is -5.27. The van der Waals surface area contributed by atoms with Gasteiger partial charge in [-0.3, -0.25) is 14.4 Å². The van der Waals surface area contributed by atoms with Crippen LogP contribution in [0.3, 0.4) is 0 Å². The maximum Gasteiger partial charge on any atom is 0.255 e. The molecule has 0 spiro atoms. The van der Waals surface area contributed by atoms with E-state index in [1.54, 1.807) is 99.3 Å². The quantitative estimate of drug-likeness (QED) is 0.0337. The Morgan fingerprint density at radius 1 is 0.491 bits per heavy atom. The van der Waals surface area contributed by atoms with Gasteiger partial charge < -0.3 is 54.0 Å². The van der Waals surface area contributed by atoms with E-state index in [1.807, 2.05) is 35.0 Å². The Balaban J connectivity index is 0.000000196. The molecule has 13 aromatic rings. The average Bonchev–Trinajstić information content (AvgIpc) is 1.78. The van der Waals surface area contributed by atoms with E-state index in [0.29, 0.717) is 71.5 Å². The summed E-state index contributed by atoms with van der Waals surface area (Å²) in [6.07, 6.45) is 7.43. The first kappa shape index (κ1) is 83.2. The summed E-state index contributed by atoms with van der Waals surface area (Å²) in [5, 5.41) is 40.4. The summed E-state index contributed by atoms with van der Waals surface area (Å²) in [5.41, 5.74) is 21.1. The fourth-order valence-corrected chi connectivity index (χ4v) is 11.9. The van der Waals surface area contributed by atoms with Crippen LogP contribution in [0.25, 0.3) is 33.1 Å². The van der Waals surface area contributed by atoms with Crippen LogP contribution in [0, 0.1) is 34.9 Å². The van der Waals surface area contributed by atoms with Gasteiger partial charge in [0.15, 0.2) is 49.1 Å². The highest BCUT2D eigenvalue weighted by atomic mass is 79.9. The summed E-state index contributed by atoms with van der Waals surface area (Å²) >= 11 is 13.9. The van der Waals surface area contributed by atoms with E-state index < -0.39 is 63.8 Å². The number of pyridine rings is 3. The van der Waals surface area contributed by atoms with Crippen LogP contribution in [0.4, 0.5) is 65.7 Å². The number of nitrogen functional groups attached to an aromatic ring is 3. The first-order valence-electron chi connectivity index (χ1n) is 31.9. The smallest absolute Gasteiger partial charge is 0.255 e. The Labute approximate surface area is 655 Å². The molecule has 0 atom stereocenters. The third kappa shape index (κ3) is 25.7. The number of fused-ring (bicyclic) bond motifs is 2. The van der Waals surface area contributed by atoms with Gasteiger partial charge in [-0.05, 0) is 183 Å². The number of hydrogen-bond acceptors (Lipinski definition) is 23. The number of benzene rings is 5. The molecule has 554 valence electrons. The summed E-state index contributed by atoms with van der Waals surface area (Å²) in [6.45, 7) is 6.47. The van der Waals surface area contributed by atoms with Crippen LogP contribution in [-0.2, 0) is 19.6 Å². The van der Waals surface area contributed by atoms with Gasteiger partial charge in [-0.2, -0.15) is 0 Å². The zero-order valence-corrected chi connectivity index (χ0v) is 64.4. The molecule has 0 aliphatic rings. The first-order valence-corrected chi connectivity index (χ1v) is 36.2. The molecule has 8 heterocycles. The second kappa shape index (κ2) is 40.5. The molecular formula is C71H63B2Br3F6N18O5S3. The molecule has 3 amide bonds. The van der Waals surface area contributed by atoms with Gasteiger partial charge in [-0.1, -0.05) is 48.7 Å². The van der Waals surface area contributed by atoms with Crippen molar-refractivity contribution in [1.29, 1.82) is 0 Å². The van der Waals surface area contributed by atoms with Crippen LogP contribution in [0.15, 0.2) is 188 Å². The second-order valence-corrected chi connectivity index (χ2v) is 28.3. The number of thiazole rings is 3. The maximum absolute atomic E-state index is 13.4. The lowest BCUT2D eigenvalue weighted by molar-refractivity contribution is -0.107. The molecule has 23 nitrogen and oxygen atoms in total. The Morgan fingerprint density at radius 2 is 0.898 bits per heavy atom. The Bertz CT molecular complexity index is 5220. The summed E-state index contributed by atoms with van der Waals surface area (Å²) in [6, 6.07) is 31.0. The topological polar surface area (TPSA) is 359 Å². The van der Waals surface area contributed by atoms with Gasteiger partial charge in [0.1, 0.15) is 58.8 Å². The number of hydrogen-bond donors (Lipinski definition) is 10. The van der Waals surface area contributed by atoms with E-state index in [9.17, 15) is 40.7 Å². The predicted octanol–water partition coefficient (Wildman–Crippen LogP) is 14.2. The largest absolute Gasteiger partial charge is 0.387 e. The number of carbonyl (C=O) groups is 3. The normalized spacial score (nSPS) is 10.8. The highest BCUT2D eigenvalue weighted by Gasteiger charge is 2.32. The van der Waals surface area contributed by atoms with E-state index >= 15 is 0 Å². The van der Waals surface area contributed by atoms with Gasteiger partial charge >= 0.3 is 0 Å². The van der Waals surface area contributed by atoms with Gasteiger partial charge in [-0.25, -0.2) is 76.2 Å². The van der Waals surface area contributed by atoms with Crippen molar-refractivity contribution < 1.29 is 52.3 Å². The van der Waals surface area contributed by atoms with Crippen LogP contribution in [0.2, 0.25) is 6.80 Å². The molecule has 0 saturated carbocycles. The lowest BCUT2D eigenvalue weighted by atomic mass is 9.90. The average molecular weight is 1720 g/mol. The van der Waals surface area contributed by atoms with Gasteiger partial charge in [-0.15, -0.1) is 34.0 Å². The number of nitrogens with one attached hydrogen (secondary N) is 5. The number of nitrogens with two attached hydrogens (primary N) is 3. The van der Waals surface area contributed by atoms with Crippen molar-refractivity contribution in [2.24, 2.45) is 0 Å². The molecule has 0 saturated heterocycles. The van der Waals surface area contributed by atoms with Crippen molar-refractivity contribution in [1.82, 2.24) is 65.8 Å². The zero-order valence-electron chi connectivity index (χ0n) is 58.2. The summed E-state index contributed by atoms with van der Waals surface area (Å²) < 4.78 is 86.9. The number of anilines is 7. The maximum atomic E-state index is 13.4. The van der Waals surface area contributed by atoms with E-state index in [1.165, 1.54) is 65.8 Å². The second-order valence-electron chi connectivity index (χ2n) is 22.9. The van der Waals surface area contributed by atoms with E-state index in [0.717, 1.165) is 72.3 Å². The Hall–Kier alpha value is -10.4. The van der Waals surface area contributed by atoms with E-state index in [-0.39, 0.29) is 43.4 Å². The van der Waals surface area contributed by atoms with Crippen molar-refractivity contribution in [2.75, 3.05) is 27.8 Å². The van der Waals surface area contributed by atoms with Crippen molar-refractivity contribution >= 4 is 182 Å². The van der Waals surface area contributed by atoms with Gasteiger partial charge in [0.2, 0.25) is 0 Å². The lowest BCUT2D eigenvalue weighted by Crippen LogP contribution is -2.44. The standard InChI is InChI=1S/C24H17F2N7OS.C16H11BrF2N4OS.C13H11F2N3O.C8H6BN3.C6H14O2.C3HBr2NS.CH3B/c25-17-5-3-13(8-18(17)26)10-29-23(34)15-2-1-7-28-22(15)33-24-32-20(11-35-24)14-4-6-19-16(9-14)21(27)31-12-30-19;17-13-8-25-16(22-13)23-14-10(2-1-5-20-14)15(24)21-7-9-3-4-11(18)12(19)6-9;14-10-4-3-8(6-11(10)15)7-18-13(19)9-2-1-5-17-12(9)16;9-5-1-2-7-6(3-5)8(10)12-4-11-7;1-5(2,7)6(3,4)8;4-2-1-7-3(5)6-2;1-2/h1-9,11-12H,10H2,(H,29,34)(H2,27,30,31)(H,28,32,33);1-6,8H,7H2,(H,21,24)(H,20,22,23);1-6H,7H2,(H2,16,17)(H,18,19);1-4H,(H2,10,11,12);7-8H,1-4H3;1H;1H3/i;;;;;;1D. The molecule has 0 fully saturated rings. The van der Waals surface area contributed by atoms with Crippen LogP contribution < -0.4 is 49.2 Å². The molecule has 0 unspecified atom stereocenters. The van der Waals surface area contributed by atoms with Crippen molar-refractivity contribution in [3.8, 4) is 11.3 Å². The Kier molecular flexibility index (Phi) is 31.2. The van der Waals surface area contributed by atoms with Gasteiger partial charge in [0.25, 0.3) is 17.7 Å². The molecule has 37 heteroatoms. The highest BCUT2D eigenvalue weighted by Crippen LogP contribution is 2.31. The molecule has 108 heavy (non-hydrogen) atoms. The van der Waals surface area contributed by atoms with Crippen molar-refractivity contribution in [3.05, 3.63) is 256 Å². The summed E-state index contributed by atoms with van der Waals surface area (Å²) in [7, 11) is 10.1. The lowest BCUT2D eigenvalue weighted by Gasteiger charge is -2.31. The highest BCUT2D eigenvalue weighted by molar-refractivity contribution is 9.11. The van der Waals surface area contributed by atoms with Crippen molar-refractivity contribution in [2.45, 2.75) is 65.3 Å². The molecule has 0 bridgehead atoms. The minimum atomic E-state index is -1.01. The fraction of sp³-hybridized carbons (Fsp3) is 0.141. The van der Waals surface area contributed by atoms with E-state index in [2.05, 4.69) is 132 Å². The SMILES string of the molecule is Brc1csc(Br)n1.CC(C)(O)C(C)(C)O.Nc1ncccc1C(=O)NCc1ccc(F)c(F)c1.Nc1ncnc2ccc(-c3csc(Nc4ncccc4C(=O)NCc4ccc(F)c(F)c4)n3)cc12.O=C(NCc1ccc(F)c(F)c1)c1cccnc1Nc1nc(Br)cs1.[2H]C[B].[B]c1ccc2ncnc(N)c2c1. The van der Waals surface area contributed by atoms with E-state index in [4.69, 9.17) is 36.6 Å². The number of carbonyl (C=O) groups excluding carboxylic acids is 3. The van der Waals surface area contributed by atoms with Gasteiger partial charge in [0.05, 0.1) is 52.5 Å². The minimum Gasteiger partial charge on any atom is -0.387 e. The number of amides is 3. The Morgan fingerprint density at radius 3 is 1.31 bits per heavy atom. The molecule has 4 radical (unpaired) electrons. The number of halogens is 9. The number of rotatable bonds is 15. The number of aliphatic hydroxyl groups is 2. The zero-order chi connectivity index (χ0) is 79.5. The molecule has 0 aliphatic carbocycles. The molecule has 0 aliphatic heterocycles. The molecule has 13 rings (SSSR count). The molecule has 5 aromatic carbocycles. The van der Waals surface area contributed by atoms with Crippen LogP contribution in [0.5, 0.6) is 0 Å².